The van der Waals surface area contributed by atoms with E-state index in [0.717, 1.165) is 3.57 Å². The molecule has 3 aromatic rings. The Kier molecular flexibility index (Phi) is 5.14. The van der Waals surface area contributed by atoms with Crippen LogP contribution in [-0.4, -0.2) is 11.1 Å². The molecule has 2 atom stereocenters. The number of benzene rings is 1. The van der Waals surface area contributed by atoms with Crippen molar-refractivity contribution in [2.75, 3.05) is 5.32 Å². The zero-order chi connectivity index (χ0) is 18.0. The van der Waals surface area contributed by atoms with Crippen LogP contribution in [0.2, 0.25) is 0 Å². The highest BCUT2D eigenvalue weighted by Crippen LogP contribution is 2.38. The predicted octanol–water partition coefficient (Wildman–Crippen LogP) is 4.91. The minimum Gasteiger partial charge on any atom is -0.479 e. The average molecular weight is 469 g/mol. The number of furan rings is 2. The molecule has 0 aliphatic rings. The monoisotopic (exact) mass is 469 g/mol. The summed E-state index contributed by atoms with van der Waals surface area (Å²) in [6, 6.07) is 13.4. The Balaban J connectivity index is 1.87. The zero-order valence-corrected chi connectivity index (χ0v) is 16.3. The lowest BCUT2D eigenvalue weighted by atomic mass is 10.1. The topological polar surface area (TPSA) is 75.6 Å². The lowest BCUT2D eigenvalue weighted by Crippen LogP contribution is -2.20. The maximum absolute atomic E-state index is 11.7. The third-order valence-electron chi connectivity index (χ3n) is 3.79. The SMILES string of the molecule is CC(S)(c1ccco1)c1ccc(C(Nc2ccc(I)cc2)C(=O)O)o1. The molecule has 0 spiro atoms. The lowest BCUT2D eigenvalue weighted by molar-refractivity contribution is -0.138. The first kappa shape index (κ1) is 17.9. The normalized spacial score (nSPS) is 14.7. The van der Waals surface area contributed by atoms with Crippen LogP contribution in [0.25, 0.3) is 0 Å². The number of hydrogen-bond acceptors (Lipinski definition) is 5. The number of rotatable bonds is 6. The van der Waals surface area contributed by atoms with Crippen LogP contribution in [-0.2, 0) is 9.54 Å². The third-order valence-corrected chi connectivity index (χ3v) is 4.95. The van der Waals surface area contributed by atoms with E-state index in [1.54, 1.807) is 30.5 Å². The van der Waals surface area contributed by atoms with E-state index in [2.05, 4.69) is 40.5 Å². The van der Waals surface area contributed by atoms with Crippen LogP contribution in [0.3, 0.4) is 0 Å². The first-order valence-electron chi connectivity index (χ1n) is 7.49. The van der Waals surface area contributed by atoms with E-state index in [9.17, 15) is 9.90 Å². The summed E-state index contributed by atoms with van der Waals surface area (Å²) in [7, 11) is 0. The van der Waals surface area contributed by atoms with Gasteiger partial charge in [-0.15, -0.1) is 0 Å². The molecule has 2 aromatic heterocycles. The third kappa shape index (κ3) is 3.87. The van der Waals surface area contributed by atoms with E-state index < -0.39 is 16.8 Å². The highest BCUT2D eigenvalue weighted by atomic mass is 127. The predicted molar refractivity (Wildman–Crippen MR) is 106 cm³/mol. The van der Waals surface area contributed by atoms with Crippen LogP contribution in [0.4, 0.5) is 5.69 Å². The van der Waals surface area contributed by atoms with Crippen LogP contribution < -0.4 is 5.32 Å². The molecule has 7 heteroatoms. The molecule has 3 rings (SSSR count). The first-order valence-corrected chi connectivity index (χ1v) is 9.02. The number of hydrogen-bond donors (Lipinski definition) is 3. The minimum absolute atomic E-state index is 0.299. The minimum atomic E-state index is -1.03. The van der Waals surface area contributed by atoms with Crippen molar-refractivity contribution in [1.29, 1.82) is 0 Å². The van der Waals surface area contributed by atoms with Gasteiger partial charge in [0, 0.05) is 9.26 Å². The quantitative estimate of drug-likeness (QED) is 0.354. The molecule has 130 valence electrons. The summed E-state index contributed by atoms with van der Waals surface area (Å²) in [5, 5.41) is 12.6. The molecule has 1 aromatic carbocycles. The fourth-order valence-electron chi connectivity index (χ4n) is 2.41. The second-order valence-corrected chi connectivity index (χ2v) is 7.81. The van der Waals surface area contributed by atoms with Crippen molar-refractivity contribution in [1.82, 2.24) is 0 Å². The molecule has 2 heterocycles. The second kappa shape index (κ2) is 7.17. The number of halogens is 1. The van der Waals surface area contributed by atoms with E-state index in [1.807, 2.05) is 31.2 Å². The Morgan fingerprint density at radius 1 is 1.20 bits per heavy atom. The van der Waals surface area contributed by atoms with Gasteiger partial charge in [0.2, 0.25) is 0 Å². The Bertz CT molecular complexity index is 856. The van der Waals surface area contributed by atoms with Crippen molar-refractivity contribution < 1.29 is 18.7 Å². The molecule has 0 amide bonds. The van der Waals surface area contributed by atoms with Gasteiger partial charge in [0.1, 0.15) is 22.0 Å². The summed E-state index contributed by atoms with van der Waals surface area (Å²) in [6.45, 7) is 1.83. The first-order chi connectivity index (χ1) is 11.9. The van der Waals surface area contributed by atoms with Crippen molar-refractivity contribution in [3.8, 4) is 0 Å². The average Bonchev–Trinajstić information content (AvgIpc) is 3.26. The zero-order valence-electron chi connectivity index (χ0n) is 13.3. The molecule has 0 bridgehead atoms. The molecule has 2 N–H and O–H groups in total. The van der Waals surface area contributed by atoms with Gasteiger partial charge in [-0.05, 0) is 78.0 Å². The van der Waals surface area contributed by atoms with E-state index in [4.69, 9.17) is 8.83 Å². The van der Waals surface area contributed by atoms with E-state index in [0.29, 0.717) is 23.0 Å². The van der Waals surface area contributed by atoms with Gasteiger partial charge in [-0.3, -0.25) is 0 Å². The standard InChI is InChI=1S/C18H16INO4S/c1-18(25,14-3-2-10-23-14)15-9-8-13(24-15)16(17(21)22)20-12-6-4-11(19)5-7-12/h2-10,16,20,25H,1H3,(H,21,22). The van der Waals surface area contributed by atoms with Crippen molar-refractivity contribution in [3.05, 3.63) is 75.6 Å². The maximum Gasteiger partial charge on any atom is 0.334 e. The fourth-order valence-corrected chi connectivity index (χ4v) is 3.02. The van der Waals surface area contributed by atoms with Gasteiger partial charge in [0.15, 0.2) is 6.04 Å². The van der Waals surface area contributed by atoms with Crippen LogP contribution in [0.5, 0.6) is 0 Å². The molecule has 0 fully saturated rings. The Hall–Kier alpha value is -1.87. The molecule has 0 aliphatic carbocycles. The Labute approximate surface area is 164 Å². The Morgan fingerprint density at radius 2 is 1.92 bits per heavy atom. The van der Waals surface area contributed by atoms with Crippen LogP contribution >= 0.6 is 35.2 Å². The fraction of sp³-hybridized carbons (Fsp3) is 0.167. The van der Waals surface area contributed by atoms with E-state index >= 15 is 0 Å². The van der Waals surface area contributed by atoms with Crippen LogP contribution in [0, 0.1) is 3.57 Å². The Morgan fingerprint density at radius 3 is 2.52 bits per heavy atom. The molecule has 0 radical (unpaired) electrons. The molecule has 25 heavy (non-hydrogen) atoms. The lowest BCUT2D eigenvalue weighted by Gasteiger charge is -2.19. The van der Waals surface area contributed by atoms with Gasteiger partial charge in [0.25, 0.3) is 0 Å². The van der Waals surface area contributed by atoms with Gasteiger partial charge in [0.05, 0.1) is 6.26 Å². The number of aliphatic carboxylic acids is 1. The van der Waals surface area contributed by atoms with Crippen LogP contribution in [0.15, 0.2) is 63.6 Å². The number of carboxylic acid groups (broad SMARTS) is 1. The molecule has 0 saturated heterocycles. The maximum atomic E-state index is 11.7. The van der Waals surface area contributed by atoms with Gasteiger partial charge in [-0.25, -0.2) is 4.79 Å². The van der Waals surface area contributed by atoms with Gasteiger partial charge in [-0.2, -0.15) is 12.6 Å². The second-order valence-electron chi connectivity index (χ2n) is 5.67. The summed E-state index contributed by atoms with van der Waals surface area (Å²) in [5.74, 6) is 0.400. The summed E-state index contributed by atoms with van der Waals surface area (Å²) < 4.78 is 11.5. The summed E-state index contributed by atoms with van der Waals surface area (Å²) in [5.41, 5.74) is 0.699. The largest absolute Gasteiger partial charge is 0.479 e. The summed E-state index contributed by atoms with van der Waals surface area (Å²) >= 11 is 6.81. The van der Waals surface area contributed by atoms with Gasteiger partial charge < -0.3 is 19.3 Å². The smallest absolute Gasteiger partial charge is 0.334 e. The van der Waals surface area contributed by atoms with Crippen molar-refractivity contribution in [2.45, 2.75) is 17.7 Å². The number of anilines is 1. The van der Waals surface area contributed by atoms with Gasteiger partial charge in [-0.1, -0.05) is 0 Å². The highest BCUT2D eigenvalue weighted by molar-refractivity contribution is 14.1. The molecule has 0 saturated carbocycles. The number of carboxylic acids is 1. The molecular formula is C18H16INO4S. The molecular weight excluding hydrogens is 453 g/mol. The number of nitrogens with one attached hydrogen (secondary N) is 1. The molecule has 5 nitrogen and oxygen atoms in total. The summed E-state index contributed by atoms with van der Waals surface area (Å²) in [6.07, 6.45) is 1.56. The van der Waals surface area contributed by atoms with Crippen molar-refractivity contribution >= 4 is 46.9 Å². The van der Waals surface area contributed by atoms with E-state index in [1.165, 1.54) is 0 Å². The molecule has 0 aliphatic heterocycles. The number of thiol groups is 1. The summed E-state index contributed by atoms with van der Waals surface area (Å²) in [4.78, 5) is 11.7. The van der Waals surface area contributed by atoms with Crippen molar-refractivity contribution in [2.24, 2.45) is 0 Å². The van der Waals surface area contributed by atoms with Crippen LogP contribution in [0.1, 0.15) is 30.2 Å². The highest BCUT2D eigenvalue weighted by Gasteiger charge is 2.33. The molecule has 2 unspecified atom stereocenters. The van der Waals surface area contributed by atoms with Gasteiger partial charge >= 0.3 is 5.97 Å². The van der Waals surface area contributed by atoms with Crippen molar-refractivity contribution in [3.63, 3.8) is 0 Å². The van der Waals surface area contributed by atoms with E-state index in [-0.39, 0.29) is 0 Å². The number of carbonyl (C=O) groups is 1.